The summed E-state index contributed by atoms with van der Waals surface area (Å²) in [7, 11) is 0. The highest BCUT2D eigenvalue weighted by Gasteiger charge is 2.37. The standard InChI is InChI=1S/C24H27NO4/c1-12(2)9-10-14-20-18(21(27)13-7-6-8-16(26)19(13)25-20)22(28)15-11-17(24(3,4)5)29-23(14)15/h6-9,17,26,28H,10-11H2,1-5H3,(H,25,27). The number of phenolic OH excluding ortho intramolecular Hbond substituents is 2. The van der Waals surface area contributed by atoms with Crippen LogP contribution in [0.2, 0.25) is 0 Å². The third-order valence-corrected chi connectivity index (χ3v) is 5.72. The summed E-state index contributed by atoms with van der Waals surface area (Å²) >= 11 is 0. The normalized spacial score (nSPS) is 16.1. The first-order valence-electron chi connectivity index (χ1n) is 9.94. The Labute approximate surface area is 169 Å². The Morgan fingerprint density at radius 1 is 1.24 bits per heavy atom. The third kappa shape index (κ3) is 3.05. The molecule has 29 heavy (non-hydrogen) atoms. The van der Waals surface area contributed by atoms with Gasteiger partial charge in [-0.25, -0.2) is 0 Å². The van der Waals surface area contributed by atoms with Crippen molar-refractivity contribution in [2.45, 2.75) is 53.6 Å². The molecule has 1 atom stereocenters. The van der Waals surface area contributed by atoms with E-state index in [9.17, 15) is 15.0 Å². The number of aromatic nitrogens is 1. The maximum Gasteiger partial charge on any atom is 0.201 e. The lowest BCUT2D eigenvalue weighted by atomic mass is 9.86. The molecule has 0 saturated carbocycles. The minimum atomic E-state index is -0.289. The van der Waals surface area contributed by atoms with Crippen LogP contribution >= 0.6 is 0 Å². The van der Waals surface area contributed by atoms with Gasteiger partial charge in [0.1, 0.15) is 23.4 Å². The predicted molar refractivity (Wildman–Crippen MR) is 116 cm³/mol. The van der Waals surface area contributed by atoms with E-state index in [1.807, 2.05) is 13.8 Å². The van der Waals surface area contributed by atoms with Crippen LogP contribution in [-0.2, 0) is 12.8 Å². The summed E-state index contributed by atoms with van der Waals surface area (Å²) in [5.41, 5.74) is 3.17. The van der Waals surface area contributed by atoms with Crippen molar-refractivity contribution in [3.8, 4) is 17.2 Å². The molecule has 0 saturated heterocycles. The second-order valence-corrected chi connectivity index (χ2v) is 9.20. The van der Waals surface area contributed by atoms with E-state index < -0.39 is 0 Å². The SMILES string of the molecule is CC(C)=CCc1c2c(c(O)c3c(=O)c4cccc(O)c4[nH]c13)CC(C(C)(C)C)O2. The van der Waals surface area contributed by atoms with Crippen LogP contribution in [0.3, 0.4) is 0 Å². The minimum absolute atomic E-state index is 0.00291. The van der Waals surface area contributed by atoms with Crippen LogP contribution in [0, 0.1) is 5.41 Å². The molecular formula is C24H27NO4. The zero-order valence-corrected chi connectivity index (χ0v) is 17.5. The highest BCUT2D eigenvalue weighted by atomic mass is 16.5. The lowest BCUT2D eigenvalue weighted by molar-refractivity contribution is 0.108. The van der Waals surface area contributed by atoms with Gasteiger partial charge in [-0.3, -0.25) is 4.79 Å². The Bertz CT molecular complexity index is 1220. The topological polar surface area (TPSA) is 82.5 Å². The Morgan fingerprint density at radius 3 is 2.62 bits per heavy atom. The molecule has 0 radical (unpaired) electrons. The molecule has 1 unspecified atom stereocenters. The lowest BCUT2D eigenvalue weighted by Crippen LogP contribution is -2.30. The molecule has 0 aliphatic carbocycles. The number of H-pyrrole nitrogens is 1. The average molecular weight is 393 g/mol. The molecule has 5 nitrogen and oxygen atoms in total. The molecule has 4 rings (SSSR count). The van der Waals surface area contributed by atoms with E-state index in [4.69, 9.17) is 4.74 Å². The molecule has 152 valence electrons. The van der Waals surface area contributed by atoms with E-state index in [-0.39, 0.29) is 33.8 Å². The predicted octanol–water partition coefficient (Wildman–Crippen LogP) is 4.95. The van der Waals surface area contributed by atoms with Gasteiger partial charge in [-0.2, -0.15) is 0 Å². The van der Waals surface area contributed by atoms with E-state index >= 15 is 0 Å². The van der Waals surface area contributed by atoms with Gasteiger partial charge in [0.25, 0.3) is 0 Å². The number of phenols is 2. The number of ether oxygens (including phenoxy) is 1. The second kappa shape index (κ2) is 6.55. The molecule has 5 heteroatoms. The van der Waals surface area contributed by atoms with Crippen molar-refractivity contribution < 1.29 is 14.9 Å². The van der Waals surface area contributed by atoms with Crippen molar-refractivity contribution in [2.24, 2.45) is 5.41 Å². The van der Waals surface area contributed by atoms with E-state index in [0.717, 1.165) is 11.1 Å². The number of nitrogens with one attached hydrogen (secondary N) is 1. The van der Waals surface area contributed by atoms with Crippen LogP contribution < -0.4 is 10.2 Å². The molecule has 1 aliphatic rings. The number of aromatic hydroxyl groups is 2. The molecule has 2 heterocycles. The van der Waals surface area contributed by atoms with Crippen molar-refractivity contribution in [3.63, 3.8) is 0 Å². The van der Waals surface area contributed by atoms with Gasteiger partial charge in [0.2, 0.25) is 5.43 Å². The van der Waals surface area contributed by atoms with E-state index in [0.29, 0.717) is 40.6 Å². The molecule has 0 bridgehead atoms. The van der Waals surface area contributed by atoms with Gasteiger partial charge >= 0.3 is 0 Å². The van der Waals surface area contributed by atoms with E-state index in [1.54, 1.807) is 18.2 Å². The van der Waals surface area contributed by atoms with Gasteiger partial charge in [0.05, 0.1) is 21.8 Å². The Balaban J connectivity index is 2.12. The van der Waals surface area contributed by atoms with Crippen molar-refractivity contribution in [1.29, 1.82) is 0 Å². The summed E-state index contributed by atoms with van der Waals surface area (Å²) in [4.78, 5) is 16.5. The molecule has 1 aromatic heterocycles. The quantitative estimate of drug-likeness (QED) is 0.425. The van der Waals surface area contributed by atoms with Gasteiger partial charge in [0.15, 0.2) is 0 Å². The van der Waals surface area contributed by atoms with Crippen LogP contribution in [-0.4, -0.2) is 21.3 Å². The number of rotatable bonds is 2. The summed E-state index contributed by atoms with van der Waals surface area (Å²) in [6, 6.07) is 4.83. The zero-order valence-electron chi connectivity index (χ0n) is 17.5. The van der Waals surface area contributed by atoms with E-state index in [2.05, 4.69) is 31.8 Å². The molecule has 3 aromatic rings. The Morgan fingerprint density at radius 2 is 1.97 bits per heavy atom. The molecule has 0 spiro atoms. The van der Waals surface area contributed by atoms with Crippen LogP contribution in [0.5, 0.6) is 17.2 Å². The van der Waals surface area contributed by atoms with Gasteiger partial charge < -0.3 is 19.9 Å². The first-order valence-corrected chi connectivity index (χ1v) is 9.94. The molecular weight excluding hydrogens is 366 g/mol. The molecule has 0 amide bonds. The highest BCUT2D eigenvalue weighted by Crippen LogP contribution is 2.47. The van der Waals surface area contributed by atoms with Crippen LogP contribution in [0.4, 0.5) is 0 Å². The van der Waals surface area contributed by atoms with Gasteiger partial charge in [0, 0.05) is 17.5 Å². The largest absolute Gasteiger partial charge is 0.507 e. The van der Waals surface area contributed by atoms with Crippen molar-refractivity contribution in [3.05, 3.63) is 51.2 Å². The number of para-hydroxylation sites is 1. The number of hydrogen-bond donors (Lipinski definition) is 3. The minimum Gasteiger partial charge on any atom is -0.507 e. The molecule has 0 fully saturated rings. The van der Waals surface area contributed by atoms with Crippen LogP contribution in [0.25, 0.3) is 21.8 Å². The molecule has 1 aliphatic heterocycles. The number of hydrogen-bond acceptors (Lipinski definition) is 4. The molecule has 2 aromatic carbocycles. The first-order chi connectivity index (χ1) is 13.6. The number of pyridine rings is 1. The Hall–Kier alpha value is -2.95. The summed E-state index contributed by atoms with van der Waals surface area (Å²) in [5, 5.41) is 22.0. The van der Waals surface area contributed by atoms with Gasteiger partial charge in [-0.15, -0.1) is 0 Å². The monoisotopic (exact) mass is 393 g/mol. The number of fused-ring (bicyclic) bond motifs is 3. The highest BCUT2D eigenvalue weighted by molar-refractivity contribution is 6.01. The van der Waals surface area contributed by atoms with Crippen LogP contribution in [0.15, 0.2) is 34.6 Å². The second-order valence-electron chi connectivity index (χ2n) is 9.20. The van der Waals surface area contributed by atoms with E-state index in [1.165, 1.54) is 0 Å². The summed E-state index contributed by atoms with van der Waals surface area (Å²) in [5.74, 6) is 0.634. The maximum absolute atomic E-state index is 13.3. The maximum atomic E-state index is 13.3. The summed E-state index contributed by atoms with van der Waals surface area (Å²) in [6.45, 7) is 10.4. The lowest BCUT2D eigenvalue weighted by Gasteiger charge is -2.26. The average Bonchev–Trinajstić information content (AvgIpc) is 3.08. The summed E-state index contributed by atoms with van der Waals surface area (Å²) < 4.78 is 6.33. The van der Waals surface area contributed by atoms with Crippen molar-refractivity contribution in [1.82, 2.24) is 4.98 Å². The van der Waals surface area contributed by atoms with Gasteiger partial charge in [-0.1, -0.05) is 38.5 Å². The smallest absolute Gasteiger partial charge is 0.201 e. The summed E-state index contributed by atoms with van der Waals surface area (Å²) in [6.07, 6.45) is 3.10. The third-order valence-electron chi connectivity index (χ3n) is 5.72. The Kier molecular flexibility index (Phi) is 4.37. The van der Waals surface area contributed by atoms with Crippen LogP contribution in [0.1, 0.15) is 45.7 Å². The zero-order chi connectivity index (χ0) is 21.1. The number of allylic oxidation sites excluding steroid dienone is 2. The van der Waals surface area contributed by atoms with Crippen molar-refractivity contribution >= 4 is 21.8 Å². The first kappa shape index (κ1) is 19.4. The fourth-order valence-corrected chi connectivity index (χ4v) is 3.99. The number of benzene rings is 2. The van der Waals surface area contributed by atoms with Crippen molar-refractivity contribution in [2.75, 3.05) is 0 Å². The molecule has 3 N–H and O–H groups in total. The fourth-order valence-electron chi connectivity index (χ4n) is 3.99. The fraction of sp³-hybridized carbons (Fsp3) is 0.375. The number of aromatic amines is 1. The van der Waals surface area contributed by atoms with Gasteiger partial charge in [-0.05, 0) is 37.8 Å².